The topological polar surface area (TPSA) is 138 Å². The van der Waals surface area contributed by atoms with Crippen molar-refractivity contribution in [3.8, 4) is 0 Å². The van der Waals surface area contributed by atoms with E-state index in [2.05, 4.69) is 37.9 Å². The van der Waals surface area contributed by atoms with Gasteiger partial charge in [0.05, 0.1) is 0 Å². The Labute approximate surface area is 126 Å². The summed E-state index contributed by atoms with van der Waals surface area (Å²) in [7, 11) is 0. The Hall–Kier alpha value is -0.580. The van der Waals surface area contributed by atoms with Gasteiger partial charge in [-0.15, -0.1) is 0 Å². The molecule has 0 radical (unpaired) electrons. The molecular formula is C9H17NO6S3. The molecular weight excluding hydrogens is 314 g/mol. The minimum Gasteiger partial charge on any atom is -0.480 e. The van der Waals surface area contributed by atoms with Crippen molar-refractivity contribution in [2.75, 3.05) is 0 Å². The van der Waals surface area contributed by atoms with E-state index in [9.17, 15) is 14.4 Å². The number of aliphatic carboxylic acids is 3. The van der Waals surface area contributed by atoms with Gasteiger partial charge in [-0.25, -0.2) is 0 Å². The summed E-state index contributed by atoms with van der Waals surface area (Å²) in [6, 6.07) is -0.902. The van der Waals surface area contributed by atoms with Crippen LogP contribution >= 0.6 is 37.9 Å². The van der Waals surface area contributed by atoms with Gasteiger partial charge in [0.15, 0.2) is 0 Å². The highest BCUT2D eigenvalue weighted by Crippen LogP contribution is 2.15. The van der Waals surface area contributed by atoms with Gasteiger partial charge in [0, 0.05) is 4.75 Å². The number of hydrogen-bond acceptors (Lipinski definition) is 7. The van der Waals surface area contributed by atoms with Crippen molar-refractivity contribution in [1.29, 1.82) is 0 Å². The number of hydrogen-bond donors (Lipinski definition) is 7. The van der Waals surface area contributed by atoms with Crippen LogP contribution in [0.5, 0.6) is 0 Å². The molecule has 0 aromatic carbocycles. The zero-order valence-corrected chi connectivity index (χ0v) is 12.9. The first-order valence-electron chi connectivity index (χ1n) is 4.84. The molecule has 0 saturated heterocycles. The number of rotatable bonds is 5. The summed E-state index contributed by atoms with van der Waals surface area (Å²) in [5.74, 6) is -3.59. The molecule has 19 heavy (non-hydrogen) atoms. The number of carboxylic acid groups (broad SMARTS) is 3. The monoisotopic (exact) mass is 331 g/mol. The Kier molecular flexibility index (Phi) is 9.34. The number of carbonyl (C=O) groups is 3. The molecule has 7 nitrogen and oxygen atoms in total. The zero-order valence-electron chi connectivity index (χ0n) is 10.2. The van der Waals surface area contributed by atoms with Crippen molar-refractivity contribution in [1.82, 2.24) is 0 Å². The highest BCUT2D eigenvalue weighted by molar-refractivity contribution is 7.86. The molecule has 0 bridgehead atoms. The normalized spacial score (nSPS) is 15.5. The van der Waals surface area contributed by atoms with Gasteiger partial charge >= 0.3 is 17.9 Å². The summed E-state index contributed by atoms with van der Waals surface area (Å²) >= 11 is 11.0. The average Bonchev–Trinajstić information content (AvgIpc) is 2.25. The fourth-order valence-corrected chi connectivity index (χ4v) is 0.938. The number of nitrogens with two attached hydrogens (primary N) is 1. The second-order valence-electron chi connectivity index (χ2n) is 4.04. The molecule has 0 aromatic heterocycles. The molecule has 0 saturated carbocycles. The van der Waals surface area contributed by atoms with E-state index in [1.807, 2.05) is 0 Å². The van der Waals surface area contributed by atoms with E-state index in [-0.39, 0.29) is 0 Å². The second-order valence-corrected chi connectivity index (χ2v) is 6.30. The Balaban J connectivity index is 0. The van der Waals surface area contributed by atoms with E-state index in [0.717, 1.165) is 0 Å². The highest BCUT2D eigenvalue weighted by atomic mass is 32.1. The predicted molar refractivity (Wildman–Crippen MR) is 79.5 cm³/mol. The Morgan fingerprint density at radius 1 is 0.947 bits per heavy atom. The van der Waals surface area contributed by atoms with Crippen LogP contribution in [-0.2, 0) is 14.4 Å². The van der Waals surface area contributed by atoms with Gasteiger partial charge in [0.25, 0.3) is 0 Å². The summed E-state index contributed by atoms with van der Waals surface area (Å²) in [6.45, 7) is 3.32. The SMILES string of the molecule is CC(C)(S)C(N)C(=O)O.O=C(O)C(S)C(S)C(=O)O. The van der Waals surface area contributed by atoms with Crippen molar-refractivity contribution >= 4 is 55.8 Å². The maximum Gasteiger partial charge on any atom is 0.321 e. The smallest absolute Gasteiger partial charge is 0.321 e. The molecule has 0 fully saturated rings. The van der Waals surface area contributed by atoms with Gasteiger partial charge in [-0.1, -0.05) is 0 Å². The van der Waals surface area contributed by atoms with E-state index >= 15 is 0 Å². The fourth-order valence-electron chi connectivity index (χ4n) is 0.572. The quantitative estimate of drug-likeness (QED) is 0.348. The summed E-state index contributed by atoms with van der Waals surface area (Å²) < 4.78 is -0.647. The molecule has 5 N–H and O–H groups in total. The maximum absolute atomic E-state index is 10.2. The molecule has 0 aliphatic heterocycles. The average molecular weight is 331 g/mol. The van der Waals surface area contributed by atoms with Crippen molar-refractivity contribution in [3.05, 3.63) is 0 Å². The van der Waals surface area contributed by atoms with Gasteiger partial charge in [-0.2, -0.15) is 37.9 Å². The van der Waals surface area contributed by atoms with Crippen LogP contribution in [0.15, 0.2) is 0 Å². The van der Waals surface area contributed by atoms with Crippen LogP contribution in [0.4, 0.5) is 0 Å². The second kappa shape index (κ2) is 8.56. The fraction of sp³-hybridized carbons (Fsp3) is 0.667. The lowest BCUT2D eigenvalue weighted by molar-refractivity contribution is -0.142. The molecule has 0 spiro atoms. The largest absolute Gasteiger partial charge is 0.480 e. The number of carboxylic acids is 3. The lowest BCUT2D eigenvalue weighted by atomic mass is 10.1. The molecule has 10 heteroatoms. The predicted octanol–water partition coefficient (Wildman–Crippen LogP) is -0.141. The molecule has 0 amide bonds. The third-order valence-corrected chi connectivity index (χ3v) is 3.38. The Morgan fingerprint density at radius 2 is 1.21 bits per heavy atom. The molecule has 0 heterocycles. The Bertz CT molecular complexity index is 325. The molecule has 0 aliphatic carbocycles. The van der Waals surface area contributed by atoms with E-state index in [0.29, 0.717) is 0 Å². The molecule has 112 valence electrons. The molecule has 3 unspecified atom stereocenters. The summed E-state index contributed by atoms with van der Waals surface area (Å²) in [6.07, 6.45) is 0. The van der Waals surface area contributed by atoms with Crippen LogP contribution in [0.1, 0.15) is 13.8 Å². The summed E-state index contributed by atoms with van der Waals surface area (Å²) in [4.78, 5) is 30.3. The maximum atomic E-state index is 10.2. The van der Waals surface area contributed by atoms with Crippen LogP contribution < -0.4 is 5.73 Å². The molecule has 0 rings (SSSR count). The minimum atomic E-state index is -1.29. The van der Waals surface area contributed by atoms with Crippen LogP contribution in [0.3, 0.4) is 0 Å². The van der Waals surface area contributed by atoms with Gasteiger partial charge in [-0.3, -0.25) is 14.4 Å². The van der Waals surface area contributed by atoms with Crippen LogP contribution in [0, 0.1) is 0 Å². The highest BCUT2D eigenvalue weighted by Gasteiger charge is 2.28. The van der Waals surface area contributed by atoms with Crippen molar-refractivity contribution in [2.24, 2.45) is 5.73 Å². The van der Waals surface area contributed by atoms with Crippen LogP contribution in [0.25, 0.3) is 0 Å². The van der Waals surface area contributed by atoms with Crippen molar-refractivity contribution in [3.63, 3.8) is 0 Å². The van der Waals surface area contributed by atoms with Crippen molar-refractivity contribution < 1.29 is 29.7 Å². The molecule has 0 aliphatic rings. The van der Waals surface area contributed by atoms with Gasteiger partial charge in [0.1, 0.15) is 16.5 Å². The minimum absolute atomic E-state index is 0.647. The third kappa shape index (κ3) is 9.03. The van der Waals surface area contributed by atoms with Crippen molar-refractivity contribution in [2.45, 2.75) is 35.1 Å². The van der Waals surface area contributed by atoms with E-state index in [1.165, 1.54) is 0 Å². The lowest BCUT2D eigenvalue weighted by Crippen LogP contribution is -2.45. The van der Waals surface area contributed by atoms with E-state index in [1.54, 1.807) is 13.8 Å². The first kappa shape index (κ1) is 20.7. The molecule has 3 atom stereocenters. The zero-order chi connectivity index (χ0) is 16.0. The van der Waals surface area contributed by atoms with E-state index < -0.39 is 39.2 Å². The van der Waals surface area contributed by atoms with E-state index in [4.69, 9.17) is 21.1 Å². The lowest BCUT2D eigenvalue weighted by Gasteiger charge is -2.21. The van der Waals surface area contributed by atoms with Crippen LogP contribution in [0.2, 0.25) is 0 Å². The van der Waals surface area contributed by atoms with Gasteiger partial charge in [0.2, 0.25) is 0 Å². The summed E-state index contributed by atoms with van der Waals surface area (Å²) in [5.41, 5.74) is 5.22. The number of thiol groups is 3. The first-order valence-corrected chi connectivity index (χ1v) is 6.32. The standard InChI is InChI=1S/C5H11NO2S.C4H6O4S2/c1-5(2,9)3(6)4(7)8;5-3(6)1(9)2(10)4(7)8/h3,9H,6H2,1-2H3,(H,7,8);1-2,9-10H,(H,5,6)(H,7,8). The summed E-state index contributed by atoms with van der Waals surface area (Å²) in [5, 5.41) is 22.2. The Morgan fingerprint density at radius 3 is 1.26 bits per heavy atom. The van der Waals surface area contributed by atoms with Crippen LogP contribution in [-0.4, -0.2) is 54.5 Å². The third-order valence-electron chi connectivity index (χ3n) is 1.83. The first-order chi connectivity index (χ1) is 8.32. The van der Waals surface area contributed by atoms with Gasteiger partial charge < -0.3 is 21.1 Å². The van der Waals surface area contributed by atoms with Gasteiger partial charge in [-0.05, 0) is 13.8 Å². The molecule has 0 aromatic rings.